The van der Waals surface area contributed by atoms with Crippen LogP contribution in [0.25, 0.3) is 10.9 Å². The Bertz CT molecular complexity index is 814. The number of hydrogen-bond donors (Lipinski definition) is 2. The second kappa shape index (κ2) is 5.46. The molecule has 6 heteroatoms. The summed E-state index contributed by atoms with van der Waals surface area (Å²) in [6.45, 7) is 0.566. The van der Waals surface area contributed by atoms with Gasteiger partial charge in [-0.1, -0.05) is 29.8 Å². The maximum absolute atomic E-state index is 10.9. The Labute approximate surface area is 125 Å². The third-order valence-electron chi connectivity index (χ3n) is 3.30. The molecular formula is C15H12ClN3O2. The van der Waals surface area contributed by atoms with Crippen molar-refractivity contribution in [3.05, 3.63) is 69.4 Å². The Hall–Kier alpha value is -2.53. The molecule has 2 N–H and O–H groups in total. The molecule has 0 unspecified atom stereocenters. The highest BCUT2D eigenvalue weighted by Crippen LogP contribution is 2.28. The molecule has 0 radical (unpaired) electrons. The van der Waals surface area contributed by atoms with Gasteiger partial charge in [-0.3, -0.25) is 10.1 Å². The van der Waals surface area contributed by atoms with Crippen molar-refractivity contribution in [1.29, 1.82) is 0 Å². The Morgan fingerprint density at radius 2 is 2.10 bits per heavy atom. The second-order valence-electron chi connectivity index (χ2n) is 4.64. The number of H-pyrrole nitrogens is 1. The number of nitrogens with one attached hydrogen (secondary N) is 2. The average Bonchev–Trinajstić information content (AvgIpc) is 2.95. The van der Waals surface area contributed by atoms with E-state index in [1.165, 1.54) is 12.1 Å². The molecule has 0 bridgehead atoms. The van der Waals surface area contributed by atoms with Crippen LogP contribution in [0.2, 0.25) is 5.02 Å². The molecule has 0 atom stereocenters. The van der Waals surface area contributed by atoms with Crippen LogP contribution in [0.15, 0.2) is 48.7 Å². The Morgan fingerprint density at radius 1 is 1.24 bits per heavy atom. The maximum Gasteiger partial charge on any atom is 0.289 e. The summed E-state index contributed by atoms with van der Waals surface area (Å²) >= 11 is 5.80. The first-order valence-electron chi connectivity index (χ1n) is 6.38. The molecule has 5 nitrogen and oxygen atoms in total. The first-order valence-corrected chi connectivity index (χ1v) is 6.76. The number of nitro benzene ring substituents is 1. The molecule has 21 heavy (non-hydrogen) atoms. The Balaban J connectivity index is 1.83. The van der Waals surface area contributed by atoms with E-state index < -0.39 is 4.92 Å². The fourth-order valence-electron chi connectivity index (χ4n) is 2.26. The van der Waals surface area contributed by atoms with E-state index >= 15 is 0 Å². The van der Waals surface area contributed by atoms with Crippen molar-refractivity contribution in [1.82, 2.24) is 4.98 Å². The zero-order valence-electron chi connectivity index (χ0n) is 11.0. The van der Waals surface area contributed by atoms with Crippen LogP contribution >= 0.6 is 11.6 Å². The summed E-state index contributed by atoms with van der Waals surface area (Å²) in [4.78, 5) is 13.6. The van der Waals surface area contributed by atoms with Gasteiger partial charge in [-0.2, -0.15) is 0 Å². The van der Waals surface area contributed by atoms with Crippen molar-refractivity contribution in [2.24, 2.45) is 0 Å². The zero-order chi connectivity index (χ0) is 14.8. The standard InChI is InChI=1S/C15H12ClN3O2/c16-13-5-4-12(8-14(13)19(20)21)18-9-11-3-1-2-10-6-7-17-15(10)11/h1-8,17-18H,9H2. The minimum Gasteiger partial charge on any atom is -0.381 e. The highest BCUT2D eigenvalue weighted by molar-refractivity contribution is 6.32. The first-order chi connectivity index (χ1) is 10.1. The third-order valence-corrected chi connectivity index (χ3v) is 3.62. The molecule has 1 heterocycles. The molecule has 0 aliphatic heterocycles. The van der Waals surface area contributed by atoms with Gasteiger partial charge in [-0.05, 0) is 29.1 Å². The number of rotatable bonds is 4. The topological polar surface area (TPSA) is 71.0 Å². The van der Waals surface area contributed by atoms with Gasteiger partial charge in [0.1, 0.15) is 5.02 Å². The summed E-state index contributed by atoms with van der Waals surface area (Å²) < 4.78 is 0. The Kier molecular flexibility index (Phi) is 3.50. The normalized spacial score (nSPS) is 10.7. The van der Waals surface area contributed by atoms with Crippen molar-refractivity contribution >= 4 is 33.9 Å². The quantitative estimate of drug-likeness (QED) is 0.556. The van der Waals surface area contributed by atoms with Gasteiger partial charge < -0.3 is 10.3 Å². The molecule has 106 valence electrons. The minimum atomic E-state index is -0.487. The third kappa shape index (κ3) is 2.68. The largest absolute Gasteiger partial charge is 0.381 e. The lowest BCUT2D eigenvalue weighted by Crippen LogP contribution is -2.01. The lowest BCUT2D eigenvalue weighted by atomic mass is 10.1. The lowest BCUT2D eigenvalue weighted by molar-refractivity contribution is -0.384. The summed E-state index contributed by atoms with van der Waals surface area (Å²) in [6, 6.07) is 12.7. The highest BCUT2D eigenvalue weighted by Gasteiger charge is 2.12. The van der Waals surface area contributed by atoms with Crippen molar-refractivity contribution in [2.45, 2.75) is 6.54 Å². The number of nitrogens with zero attached hydrogens (tertiary/aromatic N) is 1. The lowest BCUT2D eigenvalue weighted by Gasteiger charge is -2.08. The molecular weight excluding hydrogens is 290 g/mol. The number of aromatic nitrogens is 1. The molecule has 0 aliphatic carbocycles. The van der Waals surface area contributed by atoms with Gasteiger partial charge in [-0.25, -0.2) is 0 Å². The van der Waals surface area contributed by atoms with Crippen LogP contribution in [0.4, 0.5) is 11.4 Å². The summed E-state index contributed by atoms with van der Waals surface area (Å²) in [5.41, 5.74) is 2.72. The highest BCUT2D eigenvalue weighted by atomic mass is 35.5. The second-order valence-corrected chi connectivity index (χ2v) is 5.04. The van der Waals surface area contributed by atoms with Crippen LogP contribution in [0, 0.1) is 10.1 Å². The average molecular weight is 302 g/mol. The molecule has 2 aromatic carbocycles. The molecule has 0 amide bonds. The number of aromatic amines is 1. The number of fused-ring (bicyclic) bond motifs is 1. The minimum absolute atomic E-state index is 0.0975. The number of nitro groups is 1. The van der Waals surface area contributed by atoms with Crippen LogP contribution in [0.5, 0.6) is 0 Å². The summed E-state index contributed by atoms with van der Waals surface area (Å²) in [5.74, 6) is 0. The molecule has 0 saturated carbocycles. The van der Waals surface area contributed by atoms with Gasteiger partial charge in [-0.15, -0.1) is 0 Å². The molecule has 1 aromatic heterocycles. The maximum atomic E-state index is 10.9. The van der Waals surface area contributed by atoms with Gasteiger partial charge in [0, 0.05) is 24.5 Å². The van der Waals surface area contributed by atoms with E-state index in [9.17, 15) is 10.1 Å². The van der Waals surface area contributed by atoms with E-state index in [2.05, 4.69) is 10.3 Å². The smallest absolute Gasteiger partial charge is 0.289 e. The van der Waals surface area contributed by atoms with Crippen LogP contribution in [-0.4, -0.2) is 9.91 Å². The monoisotopic (exact) mass is 301 g/mol. The fraction of sp³-hybridized carbons (Fsp3) is 0.0667. The summed E-state index contributed by atoms with van der Waals surface area (Å²) in [6.07, 6.45) is 1.89. The van der Waals surface area contributed by atoms with E-state index in [-0.39, 0.29) is 10.7 Å². The summed E-state index contributed by atoms with van der Waals surface area (Å²) in [5, 5.41) is 15.3. The van der Waals surface area contributed by atoms with Crippen LogP contribution in [-0.2, 0) is 6.54 Å². The van der Waals surface area contributed by atoms with Crippen LogP contribution in [0.3, 0.4) is 0 Å². The first kappa shape index (κ1) is 13.5. The van der Waals surface area contributed by atoms with E-state index in [1.807, 2.05) is 30.5 Å². The fourth-order valence-corrected chi connectivity index (χ4v) is 2.44. The molecule has 0 aliphatic rings. The van der Waals surface area contributed by atoms with Crippen LogP contribution in [0.1, 0.15) is 5.56 Å². The van der Waals surface area contributed by atoms with Gasteiger partial charge in [0.15, 0.2) is 0 Å². The number of halogens is 1. The van der Waals surface area contributed by atoms with Crippen molar-refractivity contribution < 1.29 is 4.92 Å². The molecule has 3 aromatic rings. The van der Waals surface area contributed by atoms with Gasteiger partial charge >= 0.3 is 0 Å². The van der Waals surface area contributed by atoms with E-state index in [1.54, 1.807) is 6.07 Å². The van der Waals surface area contributed by atoms with Crippen LogP contribution < -0.4 is 5.32 Å². The van der Waals surface area contributed by atoms with Gasteiger partial charge in [0.05, 0.1) is 10.4 Å². The predicted octanol–water partition coefficient (Wildman–Crippen LogP) is 4.34. The number of para-hydroxylation sites is 1. The molecule has 0 saturated heterocycles. The zero-order valence-corrected chi connectivity index (χ0v) is 11.7. The molecule has 0 spiro atoms. The van der Waals surface area contributed by atoms with E-state index in [0.29, 0.717) is 12.2 Å². The SMILES string of the molecule is O=[N+]([O-])c1cc(NCc2cccc3cc[nH]c23)ccc1Cl. The Morgan fingerprint density at radius 3 is 2.90 bits per heavy atom. The predicted molar refractivity (Wildman–Crippen MR) is 83.7 cm³/mol. The number of hydrogen-bond acceptors (Lipinski definition) is 3. The molecule has 0 fully saturated rings. The molecule has 3 rings (SSSR count). The van der Waals surface area contributed by atoms with E-state index in [0.717, 1.165) is 16.5 Å². The van der Waals surface area contributed by atoms with Crippen molar-refractivity contribution in [2.75, 3.05) is 5.32 Å². The van der Waals surface area contributed by atoms with Crippen molar-refractivity contribution in [3.8, 4) is 0 Å². The van der Waals surface area contributed by atoms with E-state index in [4.69, 9.17) is 11.6 Å². The number of benzene rings is 2. The van der Waals surface area contributed by atoms with Gasteiger partial charge in [0.2, 0.25) is 0 Å². The van der Waals surface area contributed by atoms with Crippen molar-refractivity contribution in [3.63, 3.8) is 0 Å². The summed E-state index contributed by atoms with van der Waals surface area (Å²) in [7, 11) is 0. The number of anilines is 1. The van der Waals surface area contributed by atoms with Gasteiger partial charge in [0.25, 0.3) is 5.69 Å².